The van der Waals surface area contributed by atoms with Gasteiger partial charge in [0.15, 0.2) is 0 Å². The van der Waals surface area contributed by atoms with E-state index < -0.39 is 0 Å². The minimum Gasteiger partial charge on any atom is -0.387 e. The molecule has 0 bridgehead atoms. The molecule has 2 nitrogen and oxygen atoms in total. The summed E-state index contributed by atoms with van der Waals surface area (Å²) in [6.07, 6.45) is 2.07. The number of aryl methyl sites for hydroxylation is 1. The molecule has 0 unspecified atom stereocenters. The van der Waals surface area contributed by atoms with E-state index >= 15 is 0 Å². The molecule has 0 heterocycles. The number of benzene rings is 1. The lowest BCUT2D eigenvalue weighted by Crippen LogP contribution is -2.27. The summed E-state index contributed by atoms with van der Waals surface area (Å²) in [5.74, 6) is 0.316. The maximum atomic E-state index is 7.53. The molecule has 1 saturated carbocycles. The molecule has 0 radical (unpaired) electrons. The topological polar surface area (TPSA) is 49.9 Å². The second-order valence-electron chi connectivity index (χ2n) is 3.86. The number of rotatable bonds is 2. The van der Waals surface area contributed by atoms with Crippen molar-refractivity contribution in [1.29, 1.82) is 5.41 Å². The fourth-order valence-corrected chi connectivity index (χ4v) is 1.71. The first-order chi connectivity index (χ1) is 6.15. The highest BCUT2D eigenvalue weighted by atomic mass is 14.8. The maximum Gasteiger partial charge on any atom is 0.101 e. The largest absolute Gasteiger partial charge is 0.387 e. The van der Waals surface area contributed by atoms with E-state index in [0.29, 0.717) is 5.84 Å². The molecule has 13 heavy (non-hydrogen) atoms. The summed E-state index contributed by atoms with van der Waals surface area (Å²) in [5, 5.41) is 7.53. The fourth-order valence-electron chi connectivity index (χ4n) is 1.71. The van der Waals surface area contributed by atoms with E-state index in [-0.39, 0.29) is 5.41 Å². The summed E-state index contributed by atoms with van der Waals surface area (Å²) >= 11 is 0. The molecule has 0 amide bonds. The molecule has 0 aromatic heterocycles. The van der Waals surface area contributed by atoms with E-state index in [9.17, 15) is 0 Å². The summed E-state index contributed by atoms with van der Waals surface area (Å²) in [4.78, 5) is 0. The number of hydrogen-bond donors (Lipinski definition) is 2. The second-order valence-corrected chi connectivity index (χ2v) is 3.86. The molecule has 0 spiro atoms. The van der Waals surface area contributed by atoms with Gasteiger partial charge < -0.3 is 5.73 Å². The van der Waals surface area contributed by atoms with Gasteiger partial charge in [0.2, 0.25) is 0 Å². The van der Waals surface area contributed by atoms with Gasteiger partial charge in [-0.2, -0.15) is 0 Å². The molecular weight excluding hydrogens is 160 g/mol. The van der Waals surface area contributed by atoms with Gasteiger partial charge >= 0.3 is 0 Å². The molecule has 68 valence electrons. The predicted octanol–water partition coefficient (Wildman–Crippen LogP) is 1.96. The predicted molar refractivity (Wildman–Crippen MR) is 54.0 cm³/mol. The Morgan fingerprint density at radius 3 is 2.23 bits per heavy atom. The first-order valence-corrected chi connectivity index (χ1v) is 4.57. The minimum absolute atomic E-state index is 0.103. The zero-order chi connectivity index (χ0) is 9.47. The van der Waals surface area contributed by atoms with Crippen molar-refractivity contribution < 1.29 is 0 Å². The van der Waals surface area contributed by atoms with Crippen LogP contribution < -0.4 is 5.73 Å². The van der Waals surface area contributed by atoms with Crippen molar-refractivity contribution in [2.24, 2.45) is 5.73 Å². The summed E-state index contributed by atoms with van der Waals surface area (Å²) in [5.41, 5.74) is 7.94. The molecule has 1 fully saturated rings. The van der Waals surface area contributed by atoms with Crippen molar-refractivity contribution in [3.05, 3.63) is 35.4 Å². The van der Waals surface area contributed by atoms with Crippen molar-refractivity contribution in [1.82, 2.24) is 0 Å². The molecule has 0 aliphatic heterocycles. The first kappa shape index (κ1) is 8.30. The van der Waals surface area contributed by atoms with E-state index in [1.807, 2.05) is 0 Å². The Morgan fingerprint density at radius 1 is 1.31 bits per heavy atom. The molecule has 1 aromatic carbocycles. The van der Waals surface area contributed by atoms with Crippen molar-refractivity contribution in [2.45, 2.75) is 25.2 Å². The van der Waals surface area contributed by atoms with Crippen LogP contribution >= 0.6 is 0 Å². The molecule has 0 saturated heterocycles. The molecule has 1 aliphatic rings. The van der Waals surface area contributed by atoms with Crippen LogP contribution in [0.15, 0.2) is 24.3 Å². The monoisotopic (exact) mass is 174 g/mol. The molecule has 3 N–H and O–H groups in total. The van der Waals surface area contributed by atoms with Gasteiger partial charge in [-0.15, -0.1) is 0 Å². The maximum absolute atomic E-state index is 7.53. The zero-order valence-electron chi connectivity index (χ0n) is 7.80. The Bertz CT molecular complexity index is 334. The quantitative estimate of drug-likeness (QED) is 0.522. The van der Waals surface area contributed by atoms with Gasteiger partial charge in [0.05, 0.1) is 5.41 Å². The van der Waals surface area contributed by atoms with E-state index in [1.54, 1.807) is 0 Å². The average molecular weight is 174 g/mol. The molecule has 0 atom stereocenters. The number of hydrogen-bond acceptors (Lipinski definition) is 1. The Balaban J connectivity index is 2.36. The highest BCUT2D eigenvalue weighted by Crippen LogP contribution is 2.47. The van der Waals surface area contributed by atoms with Crippen molar-refractivity contribution in [3.63, 3.8) is 0 Å². The Labute approximate surface area is 78.3 Å². The van der Waals surface area contributed by atoms with Crippen LogP contribution in [0.25, 0.3) is 0 Å². The van der Waals surface area contributed by atoms with E-state index in [1.165, 1.54) is 11.1 Å². The van der Waals surface area contributed by atoms with Crippen LogP contribution in [0.1, 0.15) is 24.0 Å². The van der Waals surface area contributed by atoms with Crippen LogP contribution in [0.5, 0.6) is 0 Å². The summed E-state index contributed by atoms with van der Waals surface area (Å²) in [6.45, 7) is 2.07. The van der Waals surface area contributed by atoms with Crippen LogP contribution in [0, 0.1) is 12.3 Å². The third-order valence-corrected chi connectivity index (χ3v) is 2.87. The van der Waals surface area contributed by atoms with Gasteiger partial charge in [-0.1, -0.05) is 29.8 Å². The van der Waals surface area contributed by atoms with E-state index in [0.717, 1.165) is 12.8 Å². The Kier molecular flexibility index (Phi) is 1.65. The highest BCUT2D eigenvalue weighted by molar-refractivity contribution is 5.92. The third-order valence-electron chi connectivity index (χ3n) is 2.87. The minimum atomic E-state index is -0.103. The molecule has 2 rings (SSSR count). The third kappa shape index (κ3) is 1.22. The molecule has 1 aromatic rings. The SMILES string of the molecule is Cc1ccc(C2(C(=N)N)CC2)cc1. The Hall–Kier alpha value is -1.31. The lowest BCUT2D eigenvalue weighted by atomic mass is 9.94. The normalized spacial score (nSPS) is 18.2. The van der Waals surface area contributed by atoms with E-state index in [2.05, 4.69) is 31.2 Å². The number of nitrogens with one attached hydrogen (secondary N) is 1. The molecule has 1 aliphatic carbocycles. The zero-order valence-corrected chi connectivity index (χ0v) is 7.80. The van der Waals surface area contributed by atoms with Crippen LogP contribution in [0.3, 0.4) is 0 Å². The Morgan fingerprint density at radius 2 is 1.85 bits per heavy atom. The number of nitrogens with two attached hydrogens (primary N) is 1. The van der Waals surface area contributed by atoms with Gasteiger partial charge in [0.1, 0.15) is 5.84 Å². The second kappa shape index (κ2) is 2.59. The van der Waals surface area contributed by atoms with Gasteiger partial charge in [-0.05, 0) is 25.3 Å². The van der Waals surface area contributed by atoms with Crippen LogP contribution in [-0.4, -0.2) is 5.84 Å². The van der Waals surface area contributed by atoms with Gasteiger partial charge in [0.25, 0.3) is 0 Å². The van der Waals surface area contributed by atoms with Crippen molar-refractivity contribution >= 4 is 5.84 Å². The lowest BCUT2D eigenvalue weighted by Gasteiger charge is -2.13. The van der Waals surface area contributed by atoms with Crippen molar-refractivity contribution in [3.8, 4) is 0 Å². The van der Waals surface area contributed by atoms with E-state index in [4.69, 9.17) is 11.1 Å². The fraction of sp³-hybridized carbons (Fsp3) is 0.364. The van der Waals surface area contributed by atoms with Gasteiger partial charge in [-0.25, -0.2) is 0 Å². The standard InChI is InChI=1S/C11H14N2/c1-8-2-4-9(5-3-8)11(6-7-11)10(12)13/h2-5H,6-7H2,1H3,(H3,12,13). The smallest absolute Gasteiger partial charge is 0.101 e. The number of amidine groups is 1. The summed E-state index contributed by atoms with van der Waals surface area (Å²) < 4.78 is 0. The first-order valence-electron chi connectivity index (χ1n) is 4.57. The van der Waals surface area contributed by atoms with Gasteiger partial charge in [-0.3, -0.25) is 5.41 Å². The van der Waals surface area contributed by atoms with Crippen LogP contribution in [0.4, 0.5) is 0 Å². The molecular formula is C11H14N2. The van der Waals surface area contributed by atoms with Gasteiger partial charge in [0, 0.05) is 0 Å². The van der Waals surface area contributed by atoms with Crippen LogP contribution in [0.2, 0.25) is 0 Å². The summed E-state index contributed by atoms with van der Waals surface area (Å²) in [6, 6.07) is 8.34. The molecule has 2 heteroatoms. The highest BCUT2D eigenvalue weighted by Gasteiger charge is 2.47. The lowest BCUT2D eigenvalue weighted by molar-refractivity contribution is 0.922. The van der Waals surface area contributed by atoms with Crippen molar-refractivity contribution in [2.75, 3.05) is 0 Å². The summed E-state index contributed by atoms with van der Waals surface area (Å²) in [7, 11) is 0. The van der Waals surface area contributed by atoms with Crippen LogP contribution in [-0.2, 0) is 5.41 Å². The average Bonchev–Trinajstić information content (AvgIpc) is 2.86.